The number of nitrogens with zero attached hydrogens (tertiary/aromatic N) is 1. The Morgan fingerprint density at radius 2 is 0.680 bits per heavy atom. The lowest BCUT2D eigenvalue weighted by Gasteiger charge is -2.23. The molecule has 4 heteroatoms. The van der Waals surface area contributed by atoms with E-state index in [1.807, 2.05) is 0 Å². The normalized spacial score (nSPS) is 10.6. The lowest BCUT2D eigenvalue weighted by atomic mass is 10.0. The molecule has 0 amide bonds. The second-order valence-electron chi connectivity index (χ2n) is 8.32. The van der Waals surface area contributed by atoms with Crippen LogP contribution in [0.25, 0.3) is 0 Å². The van der Waals surface area contributed by atoms with Crippen molar-refractivity contribution in [1.29, 1.82) is 0 Å². The zero-order chi connectivity index (χ0) is 16.5. The smallest absolute Gasteiger partial charge is 0.0780 e. The Kier molecular flexibility index (Phi) is 31.0. The Morgan fingerprint density at radius 3 is 0.920 bits per heavy atom. The predicted octanol–water partition coefficient (Wildman–Crippen LogP) is 6.98. The van der Waals surface area contributed by atoms with Crippen molar-refractivity contribution in [1.82, 2.24) is 6.15 Å². The van der Waals surface area contributed by atoms with E-state index in [1.165, 1.54) is 109 Å². The van der Waals surface area contributed by atoms with Crippen LogP contribution in [-0.4, -0.2) is 43.1 Å². The average molecular weight is 365 g/mol. The minimum Gasteiger partial charge on any atom is -0.870 e. The van der Waals surface area contributed by atoms with Gasteiger partial charge in [0.05, 0.1) is 27.7 Å². The molecule has 0 aromatic heterocycles. The second kappa shape index (κ2) is 23.8. The first-order valence-electron chi connectivity index (χ1n) is 10.4. The average Bonchev–Trinajstić information content (AvgIpc) is 2.45. The Morgan fingerprint density at radius 1 is 0.440 bits per heavy atom. The molecule has 0 aliphatic heterocycles. The third-order valence-corrected chi connectivity index (χ3v) is 4.68. The van der Waals surface area contributed by atoms with Gasteiger partial charge in [0.2, 0.25) is 0 Å². The van der Waals surface area contributed by atoms with Crippen molar-refractivity contribution in [3.05, 3.63) is 0 Å². The zero-order valence-corrected chi connectivity index (χ0v) is 18.4. The van der Waals surface area contributed by atoms with Crippen LogP contribution in [0.2, 0.25) is 0 Å². The van der Waals surface area contributed by atoms with Crippen LogP contribution >= 0.6 is 0 Å². The largest absolute Gasteiger partial charge is 0.870 e. The van der Waals surface area contributed by atoms with Gasteiger partial charge in [-0.15, -0.1) is 0 Å². The minimum atomic E-state index is 0. The summed E-state index contributed by atoms with van der Waals surface area (Å²) in [5.41, 5.74) is 0. The van der Waals surface area contributed by atoms with Crippen LogP contribution in [0.1, 0.15) is 110 Å². The van der Waals surface area contributed by atoms with Gasteiger partial charge in [-0.1, -0.05) is 96.8 Å². The second-order valence-corrected chi connectivity index (χ2v) is 8.32. The molecule has 25 heavy (non-hydrogen) atoms. The molecule has 0 aromatic rings. The molecule has 0 saturated heterocycles. The van der Waals surface area contributed by atoms with Crippen LogP contribution in [0, 0.1) is 0 Å². The fourth-order valence-corrected chi connectivity index (χ4v) is 3.13. The first-order valence-corrected chi connectivity index (χ1v) is 10.4. The summed E-state index contributed by atoms with van der Waals surface area (Å²) in [7, 11) is 6.89. The van der Waals surface area contributed by atoms with Gasteiger partial charge in [0.15, 0.2) is 0 Å². The molecule has 0 bridgehead atoms. The maximum absolute atomic E-state index is 2.30. The van der Waals surface area contributed by atoms with Gasteiger partial charge in [0, 0.05) is 0 Å². The highest BCUT2D eigenvalue weighted by molar-refractivity contribution is 4.49. The Labute approximate surface area is 159 Å². The van der Waals surface area contributed by atoms with E-state index in [0.717, 1.165) is 4.48 Å². The zero-order valence-electron chi connectivity index (χ0n) is 18.4. The summed E-state index contributed by atoms with van der Waals surface area (Å²) in [5.74, 6) is 0. The van der Waals surface area contributed by atoms with Crippen LogP contribution < -0.4 is 6.15 Å². The van der Waals surface area contributed by atoms with E-state index in [4.69, 9.17) is 0 Å². The molecule has 0 fully saturated rings. The van der Waals surface area contributed by atoms with Crippen LogP contribution in [0.4, 0.5) is 0 Å². The van der Waals surface area contributed by atoms with Crippen molar-refractivity contribution in [3.8, 4) is 0 Å². The van der Waals surface area contributed by atoms with Crippen LogP contribution in [-0.2, 0) is 0 Å². The van der Waals surface area contributed by atoms with E-state index in [2.05, 4.69) is 28.1 Å². The highest BCUT2D eigenvalue weighted by Crippen LogP contribution is 2.13. The molecular formula is C21H52N2O2. The molecule has 158 valence electrons. The van der Waals surface area contributed by atoms with E-state index in [-0.39, 0.29) is 17.1 Å². The van der Waals surface area contributed by atoms with Crippen molar-refractivity contribution in [3.63, 3.8) is 0 Å². The molecule has 0 saturated carbocycles. The first-order chi connectivity index (χ1) is 10.6. The third-order valence-electron chi connectivity index (χ3n) is 4.68. The van der Waals surface area contributed by atoms with Gasteiger partial charge in [-0.25, -0.2) is 0 Å². The molecule has 0 unspecified atom stereocenters. The van der Waals surface area contributed by atoms with Gasteiger partial charge in [-0.05, 0) is 12.8 Å². The summed E-state index contributed by atoms with van der Waals surface area (Å²) < 4.78 is 1.12. The molecule has 0 aliphatic rings. The predicted molar refractivity (Wildman–Crippen MR) is 112 cm³/mol. The van der Waals surface area contributed by atoms with Gasteiger partial charge < -0.3 is 21.6 Å². The number of unbranched alkanes of at least 4 members (excludes halogenated alkanes) is 15. The summed E-state index contributed by atoms with van der Waals surface area (Å²) in [6.45, 7) is 3.63. The fraction of sp³-hybridized carbons (Fsp3) is 1.00. The highest BCUT2D eigenvalue weighted by Gasteiger charge is 2.04. The number of hydrogen-bond donors (Lipinski definition) is 1. The third kappa shape index (κ3) is 32.0. The fourth-order valence-electron chi connectivity index (χ4n) is 3.13. The molecule has 0 atom stereocenters. The molecule has 4 nitrogen and oxygen atoms in total. The summed E-state index contributed by atoms with van der Waals surface area (Å²) in [5, 5.41) is 0. The van der Waals surface area contributed by atoms with Crippen molar-refractivity contribution in [2.24, 2.45) is 0 Å². The Bertz CT molecular complexity index is 218. The van der Waals surface area contributed by atoms with E-state index in [0.29, 0.717) is 0 Å². The van der Waals surface area contributed by atoms with Crippen molar-refractivity contribution in [2.45, 2.75) is 110 Å². The number of hydrogen-bond acceptors (Lipinski definition) is 2. The van der Waals surface area contributed by atoms with Gasteiger partial charge in [-0.2, -0.15) is 0 Å². The highest BCUT2D eigenvalue weighted by atomic mass is 16.0. The molecule has 0 rings (SSSR count). The molecule has 6 N–H and O–H groups in total. The van der Waals surface area contributed by atoms with E-state index in [1.54, 1.807) is 0 Å². The standard InChI is InChI=1S/C21H46N.H3N.2H2O/c1-5-6-7-8-9-10-11-12-13-14-15-16-17-18-19-20-21-22(2,3)4;;;/h5-21H2,1-4H3;1H3;2*1H2/q+1;;;/p-1. The van der Waals surface area contributed by atoms with Gasteiger partial charge in [-0.3, -0.25) is 0 Å². The van der Waals surface area contributed by atoms with Crippen molar-refractivity contribution < 1.29 is 15.4 Å². The summed E-state index contributed by atoms with van der Waals surface area (Å²) >= 11 is 0. The Balaban J connectivity index is -0.000000735. The van der Waals surface area contributed by atoms with E-state index >= 15 is 0 Å². The maximum atomic E-state index is 2.30. The van der Waals surface area contributed by atoms with Crippen LogP contribution in [0.5, 0.6) is 0 Å². The van der Waals surface area contributed by atoms with Crippen molar-refractivity contribution >= 4 is 0 Å². The topological polar surface area (TPSA) is 96.5 Å². The maximum Gasteiger partial charge on any atom is 0.0780 e. The van der Waals surface area contributed by atoms with Crippen LogP contribution in [0.15, 0.2) is 0 Å². The Hall–Kier alpha value is -0.160. The summed E-state index contributed by atoms with van der Waals surface area (Å²) in [6, 6.07) is 0. The molecular weight excluding hydrogens is 312 g/mol. The molecule has 0 radical (unpaired) electrons. The number of quaternary nitrogens is 2. The monoisotopic (exact) mass is 364 g/mol. The lowest BCUT2D eigenvalue weighted by molar-refractivity contribution is -0.870. The summed E-state index contributed by atoms with van der Waals surface area (Å²) in [4.78, 5) is 0. The van der Waals surface area contributed by atoms with Gasteiger partial charge in [0.1, 0.15) is 0 Å². The minimum absolute atomic E-state index is 0. The molecule has 0 heterocycles. The van der Waals surface area contributed by atoms with Crippen molar-refractivity contribution in [2.75, 3.05) is 27.7 Å². The van der Waals surface area contributed by atoms with Gasteiger partial charge >= 0.3 is 0 Å². The number of rotatable bonds is 17. The lowest BCUT2D eigenvalue weighted by Crippen LogP contribution is -2.35. The first kappa shape index (κ1) is 32.5. The molecule has 0 aliphatic carbocycles. The van der Waals surface area contributed by atoms with E-state index in [9.17, 15) is 0 Å². The molecule has 0 aromatic carbocycles. The van der Waals surface area contributed by atoms with Gasteiger partial charge in [0.25, 0.3) is 0 Å². The van der Waals surface area contributed by atoms with E-state index < -0.39 is 0 Å². The summed E-state index contributed by atoms with van der Waals surface area (Å²) in [6.07, 6.45) is 23.4. The SMILES string of the molecule is CCCCCCCCCCCCCCCCCC[N+](C)(C)C.[NH4+].[OH-].[OH-]. The quantitative estimate of drug-likeness (QED) is 0.222. The molecule has 0 spiro atoms. The van der Waals surface area contributed by atoms with Crippen LogP contribution in [0.3, 0.4) is 0 Å².